The zero-order valence-electron chi connectivity index (χ0n) is 12.5. The van der Waals surface area contributed by atoms with Gasteiger partial charge in [0, 0.05) is 4.47 Å². The maximum Gasteiger partial charge on any atom is 0.184 e. The van der Waals surface area contributed by atoms with Gasteiger partial charge in [0.25, 0.3) is 0 Å². The second-order valence-corrected chi connectivity index (χ2v) is 5.92. The van der Waals surface area contributed by atoms with Gasteiger partial charge in [-0.2, -0.15) is 5.10 Å². The Labute approximate surface area is 148 Å². The van der Waals surface area contributed by atoms with Gasteiger partial charge in [-0.1, -0.05) is 28.1 Å². The zero-order valence-corrected chi connectivity index (χ0v) is 14.9. The van der Waals surface area contributed by atoms with Gasteiger partial charge in [0.1, 0.15) is 6.61 Å². The van der Waals surface area contributed by atoms with E-state index in [1.165, 1.54) is 0 Å². The summed E-state index contributed by atoms with van der Waals surface area (Å²) in [6.07, 6.45) is 1.60. The second-order valence-electron chi connectivity index (χ2n) is 4.56. The summed E-state index contributed by atoms with van der Waals surface area (Å²) in [7, 11) is 1.59. The van der Waals surface area contributed by atoms with Crippen molar-refractivity contribution in [1.29, 1.82) is 0 Å². The van der Waals surface area contributed by atoms with Crippen molar-refractivity contribution in [3.8, 4) is 11.5 Å². The van der Waals surface area contributed by atoms with Gasteiger partial charge in [0.15, 0.2) is 16.6 Å². The van der Waals surface area contributed by atoms with Crippen LogP contribution in [0.15, 0.2) is 52.0 Å². The van der Waals surface area contributed by atoms with Crippen molar-refractivity contribution in [2.24, 2.45) is 10.8 Å². The molecular formula is C16H16BrN3O2S. The standard InChI is InChI=1S/C16H16BrN3O2S/c1-21-15-8-11(9-19-20-16(18)23)5-6-14(15)22-10-12-3-2-4-13(17)7-12/h2-9H,10H2,1H3,(H3,18,20,23). The van der Waals surface area contributed by atoms with Crippen molar-refractivity contribution in [3.05, 3.63) is 58.1 Å². The maximum atomic E-state index is 5.82. The molecule has 7 heteroatoms. The summed E-state index contributed by atoms with van der Waals surface area (Å²) in [6.45, 7) is 0.451. The monoisotopic (exact) mass is 393 g/mol. The number of nitrogens with zero attached hydrogens (tertiary/aromatic N) is 1. The lowest BCUT2D eigenvalue weighted by Crippen LogP contribution is -2.23. The Bertz CT molecular complexity index is 722. The van der Waals surface area contributed by atoms with Crippen molar-refractivity contribution in [2.45, 2.75) is 6.61 Å². The first-order chi connectivity index (χ1) is 11.1. The zero-order chi connectivity index (χ0) is 16.7. The summed E-state index contributed by atoms with van der Waals surface area (Å²) in [6, 6.07) is 13.5. The van der Waals surface area contributed by atoms with Gasteiger partial charge in [-0.05, 0) is 53.7 Å². The van der Waals surface area contributed by atoms with Crippen LogP contribution < -0.4 is 20.6 Å². The van der Waals surface area contributed by atoms with Crippen molar-refractivity contribution in [1.82, 2.24) is 5.43 Å². The van der Waals surface area contributed by atoms with Crippen molar-refractivity contribution in [3.63, 3.8) is 0 Å². The molecule has 0 atom stereocenters. The molecule has 3 N–H and O–H groups in total. The number of rotatable bonds is 6. The molecule has 2 aromatic carbocycles. The Morgan fingerprint density at radius 1 is 1.30 bits per heavy atom. The summed E-state index contributed by atoms with van der Waals surface area (Å²) >= 11 is 8.12. The molecule has 2 aromatic rings. The van der Waals surface area contributed by atoms with E-state index in [0.29, 0.717) is 18.1 Å². The maximum absolute atomic E-state index is 5.82. The molecule has 0 aliphatic heterocycles. The molecule has 0 fully saturated rings. The van der Waals surface area contributed by atoms with Crippen LogP contribution in [-0.4, -0.2) is 18.4 Å². The third kappa shape index (κ3) is 5.54. The third-order valence-corrected chi connectivity index (χ3v) is 3.44. The van der Waals surface area contributed by atoms with E-state index in [4.69, 9.17) is 15.2 Å². The SMILES string of the molecule is COc1cc(C=NNC(N)=S)ccc1OCc1cccc(Br)c1. The van der Waals surface area contributed by atoms with E-state index in [1.54, 1.807) is 13.3 Å². The normalized spacial score (nSPS) is 10.5. The Morgan fingerprint density at radius 3 is 2.83 bits per heavy atom. The molecule has 120 valence electrons. The molecule has 0 radical (unpaired) electrons. The Hall–Kier alpha value is -2.12. The van der Waals surface area contributed by atoms with Gasteiger partial charge < -0.3 is 15.2 Å². The van der Waals surface area contributed by atoms with Crippen molar-refractivity contribution < 1.29 is 9.47 Å². The third-order valence-electron chi connectivity index (χ3n) is 2.86. The van der Waals surface area contributed by atoms with Gasteiger partial charge in [-0.15, -0.1) is 0 Å². The van der Waals surface area contributed by atoms with E-state index in [1.807, 2.05) is 42.5 Å². The molecule has 0 saturated carbocycles. The highest BCUT2D eigenvalue weighted by molar-refractivity contribution is 9.10. The van der Waals surface area contributed by atoms with Crippen LogP contribution in [0.5, 0.6) is 11.5 Å². The number of hydrogen-bond donors (Lipinski definition) is 2. The highest BCUT2D eigenvalue weighted by Gasteiger charge is 2.06. The van der Waals surface area contributed by atoms with E-state index in [0.717, 1.165) is 15.6 Å². The van der Waals surface area contributed by atoms with Crippen LogP contribution in [0.1, 0.15) is 11.1 Å². The summed E-state index contributed by atoms with van der Waals surface area (Å²) in [5.41, 5.74) is 9.70. The van der Waals surface area contributed by atoms with Crippen LogP contribution >= 0.6 is 28.1 Å². The number of methoxy groups -OCH3 is 1. The number of benzene rings is 2. The van der Waals surface area contributed by atoms with Gasteiger partial charge in [0.05, 0.1) is 13.3 Å². The van der Waals surface area contributed by atoms with Crippen LogP contribution in [0.3, 0.4) is 0 Å². The van der Waals surface area contributed by atoms with Gasteiger partial charge in [-0.25, -0.2) is 0 Å². The van der Waals surface area contributed by atoms with Crippen molar-refractivity contribution >= 4 is 39.5 Å². The molecule has 0 unspecified atom stereocenters. The van der Waals surface area contributed by atoms with E-state index < -0.39 is 0 Å². The van der Waals surface area contributed by atoms with E-state index in [2.05, 4.69) is 38.7 Å². The molecule has 0 aliphatic carbocycles. The van der Waals surface area contributed by atoms with E-state index >= 15 is 0 Å². The molecule has 2 rings (SSSR count). The molecule has 23 heavy (non-hydrogen) atoms. The van der Waals surface area contributed by atoms with Crippen LogP contribution in [0, 0.1) is 0 Å². The van der Waals surface area contributed by atoms with Gasteiger partial charge >= 0.3 is 0 Å². The summed E-state index contributed by atoms with van der Waals surface area (Å²) in [5, 5.41) is 4.02. The number of hydrazone groups is 1. The average Bonchev–Trinajstić information content (AvgIpc) is 2.53. The second kappa shape index (κ2) is 8.50. The number of hydrogen-bond acceptors (Lipinski definition) is 4. The lowest BCUT2D eigenvalue weighted by Gasteiger charge is -2.11. The first kappa shape index (κ1) is 17.2. The number of nitrogens with one attached hydrogen (secondary N) is 1. The highest BCUT2D eigenvalue weighted by Crippen LogP contribution is 2.28. The minimum Gasteiger partial charge on any atom is -0.493 e. The first-order valence-electron chi connectivity index (χ1n) is 6.72. The lowest BCUT2D eigenvalue weighted by molar-refractivity contribution is 0.284. The Kier molecular flexibility index (Phi) is 6.37. The molecular weight excluding hydrogens is 378 g/mol. The predicted molar refractivity (Wildman–Crippen MR) is 99.0 cm³/mol. The fourth-order valence-electron chi connectivity index (χ4n) is 1.84. The molecule has 0 heterocycles. The fraction of sp³-hybridized carbons (Fsp3) is 0.125. The smallest absolute Gasteiger partial charge is 0.184 e. The topological polar surface area (TPSA) is 68.9 Å². The minimum atomic E-state index is 0.113. The minimum absolute atomic E-state index is 0.113. The number of ether oxygens (including phenoxy) is 2. The average molecular weight is 394 g/mol. The van der Waals surface area contributed by atoms with Gasteiger partial charge in [0.2, 0.25) is 0 Å². The molecule has 0 amide bonds. The number of thiocarbonyl (C=S) groups is 1. The molecule has 0 aromatic heterocycles. The van der Waals surface area contributed by atoms with E-state index in [-0.39, 0.29) is 5.11 Å². The molecule has 0 aliphatic rings. The predicted octanol–water partition coefficient (Wildman–Crippen LogP) is 3.20. The van der Waals surface area contributed by atoms with Crippen molar-refractivity contribution in [2.75, 3.05) is 7.11 Å². The molecule has 0 saturated heterocycles. The highest BCUT2D eigenvalue weighted by atomic mass is 79.9. The summed E-state index contributed by atoms with van der Waals surface area (Å²) in [5.74, 6) is 1.28. The van der Waals surface area contributed by atoms with Crippen LogP contribution in [-0.2, 0) is 6.61 Å². The lowest BCUT2D eigenvalue weighted by atomic mass is 10.2. The quantitative estimate of drug-likeness (QED) is 0.448. The van der Waals surface area contributed by atoms with Gasteiger partial charge in [-0.3, -0.25) is 5.43 Å². The van der Waals surface area contributed by atoms with Crippen LogP contribution in [0.2, 0.25) is 0 Å². The number of nitrogens with two attached hydrogens (primary N) is 1. The van der Waals surface area contributed by atoms with Crippen LogP contribution in [0.25, 0.3) is 0 Å². The number of halogens is 1. The largest absolute Gasteiger partial charge is 0.493 e. The van der Waals surface area contributed by atoms with Crippen LogP contribution in [0.4, 0.5) is 0 Å². The summed E-state index contributed by atoms with van der Waals surface area (Å²) < 4.78 is 12.2. The molecule has 0 bridgehead atoms. The summed E-state index contributed by atoms with van der Waals surface area (Å²) in [4.78, 5) is 0. The molecule has 0 spiro atoms. The Morgan fingerprint density at radius 2 is 2.13 bits per heavy atom. The Balaban J connectivity index is 2.07. The van der Waals surface area contributed by atoms with E-state index in [9.17, 15) is 0 Å². The first-order valence-corrected chi connectivity index (χ1v) is 7.92. The fourth-order valence-corrected chi connectivity index (χ4v) is 2.34. The molecule has 5 nitrogen and oxygen atoms in total.